The van der Waals surface area contributed by atoms with Crippen molar-refractivity contribution in [3.05, 3.63) is 192 Å². The van der Waals surface area contributed by atoms with Crippen molar-refractivity contribution in [2.24, 2.45) is 10.8 Å². The zero-order valence-corrected chi connectivity index (χ0v) is 60.8. The second kappa shape index (κ2) is 23.9. The highest BCUT2D eigenvalue weighted by Crippen LogP contribution is 2.52. The summed E-state index contributed by atoms with van der Waals surface area (Å²) in [5.41, 5.74) is 13.6. The molecule has 8 aromatic carbocycles. The third-order valence-electron chi connectivity index (χ3n) is 19.0. The maximum atomic E-state index is 16.2. The molecule has 10 aromatic rings. The lowest BCUT2D eigenvalue weighted by molar-refractivity contribution is -0.0159. The first-order chi connectivity index (χ1) is 42.8. The van der Waals surface area contributed by atoms with Crippen LogP contribution >= 0.6 is 11.6 Å². The van der Waals surface area contributed by atoms with Crippen molar-refractivity contribution in [3.63, 3.8) is 0 Å². The van der Waals surface area contributed by atoms with Crippen LogP contribution < -0.4 is 0 Å². The van der Waals surface area contributed by atoms with Gasteiger partial charge in [-0.15, -0.1) is 0 Å². The van der Waals surface area contributed by atoms with Gasteiger partial charge in [0.15, 0.2) is 13.2 Å². The highest BCUT2D eigenvalue weighted by molar-refractivity contribution is 6.31. The molecule has 10 rings (SSSR count). The molecule has 0 spiro atoms. The normalized spacial score (nSPS) is 13.4. The zero-order chi connectivity index (χ0) is 68.4. The largest absolute Gasteiger partial charge is 0.711 e. The van der Waals surface area contributed by atoms with Gasteiger partial charge in [-0.1, -0.05) is 188 Å². The summed E-state index contributed by atoms with van der Waals surface area (Å²) in [4.78, 5) is 0. The fourth-order valence-electron chi connectivity index (χ4n) is 14.6. The number of phenols is 2. The third-order valence-corrected chi connectivity index (χ3v) is 19.3. The van der Waals surface area contributed by atoms with Crippen molar-refractivity contribution in [1.29, 1.82) is 0 Å². The van der Waals surface area contributed by atoms with E-state index in [2.05, 4.69) is 281 Å². The Kier molecular flexibility index (Phi) is 17.6. The molecule has 0 aliphatic carbocycles. The van der Waals surface area contributed by atoms with Crippen LogP contribution in [-0.2, 0) is 41.2 Å². The number of hydrogen-bond acceptors (Lipinski definition) is 2. The summed E-state index contributed by atoms with van der Waals surface area (Å²) in [6.45, 7) is 50.5. The van der Waals surface area contributed by atoms with Crippen molar-refractivity contribution in [2.45, 2.75) is 204 Å². The Balaban J connectivity index is 1.06. The second-order valence-corrected chi connectivity index (χ2v) is 35.1. The van der Waals surface area contributed by atoms with Crippen molar-refractivity contribution in [3.8, 4) is 56.6 Å². The molecule has 0 saturated carbocycles. The van der Waals surface area contributed by atoms with Gasteiger partial charge < -0.3 is 28.1 Å². The van der Waals surface area contributed by atoms with Gasteiger partial charge in [0.1, 0.15) is 23.7 Å². The molecule has 6 nitrogen and oxygen atoms in total. The van der Waals surface area contributed by atoms with E-state index in [0.29, 0.717) is 69.8 Å². The van der Waals surface area contributed by atoms with E-state index in [4.69, 9.17) is 11.6 Å². The molecule has 0 aliphatic rings. The molecule has 2 N–H and O–H groups in total. The molecule has 93 heavy (non-hydrogen) atoms. The van der Waals surface area contributed by atoms with Gasteiger partial charge in [0.05, 0.1) is 44.6 Å². The monoisotopic (exact) mass is 1270 g/mol. The molecule has 0 saturated heterocycles. The van der Waals surface area contributed by atoms with Crippen molar-refractivity contribution < 1.29 is 23.3 Å². The first kappa shape index (κ1) is 68.6. The van der Waals surface area contributed by atoms with E-state index in [0.717, 1.165) is 67.6 Å². The van der Waals surface area contributed by atoms with Gasteiger partial charge in [-0.2, -0.15) is 0 Å². The molecule has 0 atom stereocenters. The molecule has 2 heterocycles. The minimum Gasteiger partial charge on any atom is -0.711 e. The van der Waals surface area contributed by atoms with Crippen LogP contribution in [0, 0.1) is 30.9 Å². The quantitative estimate of drug-likeness (QED) is 0.0842. The van der Waals surface area contributed by atoms with E-state index < -0.39 is 5.82 Å². The zero-order valence-electron chi connectivity index (χ0n) is 60.0. The predicted molar refractivity (Wildman–Crippen MR) is 396 cm³/mol. The average Bonchev–Trinajstić information content (AvgIpc) is 1.62. The predicted octanol–water partition coefficient (Wildman–Crippen LogP) is 25.2. The highest BCUT2D eigenvalue weighted by atomic mass is 35.5. The SMILES string of the molecule is [CH2-][O+](CCC[O+]([CH2-])c1ccc(Cl)cc1-c1cc(C(C)(C)CC(C)(C)C)cc(-n2c3ccc(C(C)(C)C)cc3c3cc(C(C)(C)C)ccc32)c1O)c1ccc(F)cc1-c1cc(C(C)(C)CC(C)(C)C)cc(-n2c3ccc(C(C)(C)C)cc3c3cc(C(C)(C)C)ccc32)c1O. The number of rotatable bonds is 14. The molecule has 2 aromatic heterocycles. The van der Waals surface area contributed by atoms with Gasteiger partial charge in [0.25, 0.3) is 0 Å². The van der Waals surface area contributed by atoms with Crippen LogP contribution in [0.25, 0.3) is 77.2 Å². The minimum atomic E-state index is -0.432. The Morgan fingerprint density at radius 3 is 1.00 bits per heavy atom. The Labute approximate surface area is 561 Å². The van der Waals surface area contributed by atoms with Crippen molar-refractivity contribution >= 4 is 55.2 Å². The van der Waals surface area contributed by atoms with Gasteiger partial charge in [-0.3, -0.25) is 0 Å². The first-order valence-electron chi connectivity index (χ1n) is 33.4. The van der Waals surface area contributed by atoms with E-state index >= 15 is 4.39 Å². The number of nitrogens with zero attached hydrogens (tertiary/aromatic N) is 2. The van der Waals surface area contributed by atoms with Crippen LogP contribution in [0.4, 0.5) is 4.39 Å². The number of benzene rings is 8. The minimum absolute atomic E-state index is 0.00494. The van der Waals surface area contributed by atoms with Gasteiger partial charge in [-0.05, 0) is 201 Å². The van der Waals surface area contributed by atoms with Gasteiger partial charge >= 0.3 is 0 Å². The molecule has 0 amide bonds. The molecule has 0 bridgehead atoms. The van der Waals surface area contributed by atoms with Crippen LogP contribution in [0.2, 0.25) is 5.02 Å². The number of hydrogen-bond donors (Lipinski definition) is 2. The fraction of sp³-hybridized carbons (Fsp3) is 0.412. The smallest absolute Gasteiger partial charge is 0.234 e. The molecule has 0 aliphatic heterocycles. The van der Waals surface area contributed by atoms with Crippen molar-refractivity contribution in [1.82, 2.24) is 9.13 Å². The number of aromatic hydroxyl groups is 2. The summed E-state index contributed by atoms with van der Waals surface area (Å²) in [7, 11) is 9.15. The van der Waals surface area contributed by atoms with Crippen LogP contribution in [0.1, 0.15) is 205 Å². The lowest BCUT2D eigenvalue weighted by Crippen LogP contribution is -2.25. The lowest BCUT2D eigenvalue weighted by atomic mass is 9.71. The molecule has 8 heteroatoms. The number of phenolic OH excluding ortho intramolecular Hbond substituents is 2. The second-order valence-electron chi connectivity index (χ2n) is 34.7. The van der Waals surface area contributed by atoms with Crippen LogP contribution in [0.15, 0.2) is 133 Å². The highest BCUT2D eigenvalue weighted by Gasteiger charge is 2.35. The summed E-state index contributed by atoms with van der Waals surface area (Å²) in [5, 5.41) is 31.4. The standard InChI is InChI=1S/C85H104ClFN2O4/c1-78(2,3)50-84(19,20)56-44-66(76(90)72(46-56)88-68-32-26-52(80(7,8)9)40-60(68)61-41-53(81(10,11)12)27-33-69(61)88)64-48-58(86)30-36-74(64)92(23)38-25-39-93(24)75-37-31-59(87)49-65(75)67-45-57(85(21,22)51-79(4,5)6)47-73(77(67)91)89-70-34-28-54(82(13,14)15)42-62(70)63-43-55(83(16,17)18)29-35-71(63)89/h26-37,40-49,90-91H,23-25,38-39,50-51H2,1-22H3. The molecule has 0 radical (unpaired) electrons. The van der Waals surface area contributed by atoms with E-state index in [-0.39, 0.29) is 54.8 Å². The maximum absolute atomic E-state index is 16.2. The van der Waals surface area contributed by atoms with Crippen LogP contribution in [-0.4, -0.2) is 32.6 Å². The van der Waals surface area contributed by atoms with E-state index in [1.54, 1.807) is 6.07 Å². The van der Waals surface area contributed by atoms with Crippen molar-refractivity contribution in [2.75, 3.05) is 13.2 Å². The van der Waals surface area contributed by atoms with Crippen LogP contribution in [0.3, 0.4) is 0 Å². The Hall–Kier alpha value is -7.22. The van der Waals surface area contributed by atoms with E-state index in [1.807, 2.05) is 18.2 Å². The van der Waals surface area contributed by atoms with Crippen LogP contribution in [0.5, 0.6) is 23.0 Å². The number of fused-ring (bicyclic) bond motifs is 6. The summed E-state index contributed by atoms with van der Waals surface area (Å²) >= 11 is 7.03. The fourth-order valence-corrected chi connectivity index (χ4v) is 14.8. The van der Waals surface area contributed by atoms with Gasteiger partial charge in [0, 0.05) is 49.8 Å². The topological polar surface area (TPSA) is 55.7 Å². The molecule has 492 valence electrons. The Bertz CT molecular complexity index is 4080. The molecule has 0 unspecified atom stereocenters. The summed E-state index contributed by atoms with van der Waals surface area (Å²) in [6, 6.07) is 46.0. The number of aromatic nitrogens is 2. The summed E-state index contributed by atoms with van der Waals surface area (Å²) in [6.07, 6.45) is 2.26. The summed E-state index contributed by atoms with van der Waals surface area (Å²) in [5.74, 6) is 1.04. The molecule has 0 fully saturated rings. The van der Waals surface area contributed by atoms with E-state index in [1.165, 1.54) is 34.4 Å². The summed E-state index contributed by atoms with van der Waals surface area (Å²) < 4.78 is 26.7. The van der Waals surface area contributed by atoms with E-state index in [9.17, 15) is 10.2 Å². The average molecular weight is 1270 g/mol. The Morgan fingerprint density at radius 2 is 0.688 bits per heavy atom. The molecular formula is C85H104ClFN2O4. The first-order valence-corrected chi connectivity index (χ1v) is 33.8. The van der Waals surface area contributed by atoms with Gasteiger partial charge in [-0.25, -0.2) is 4.39 Å². The number of halogens is 2. The maximum Gasteiger partial charge on any atom is 0.234 e. The third kappa shape index (κ3) is 13.9. The Morgan fingerprint density at radius 1 is 0.376 bits per heavy atom. The molecular weight excluding hydrogens is 1170 g/mol. The lowest BCUT2D eigenvalue weighted by Gasteiger charge is -2.35. The van der Waals surface area contributed by atoms with Gasteiger partial charge in [0.2, 0.25) is 11.5 Å².